The molecule has 1 aromatic rings. The Kier molecular flexibility index (Phi) is 2.98. The fraction of sp³-hybridized carbons (Fsp3) is 0.385. The Morgan fingerprint density at radius 1 is 1.22 bits per heavy atom. The van der Waals surface area contributed by atoms with Crippen LogP contribution in [0.15, 0.2) is 24.3 Å². The van der Waals surface area contributed by atoms with Gasteiger partial charge in [-0.25, -0.2) is 0 Å². The lowest BCUT2D eigenvalue weighted by molar-refractivity contribution is -0.147. The van der Waals surface area contributed by atoms with Crippen molar-refractivity contribution in [2.45, 2.75) is 12.8 Å². The zero-order valence-corrected chi connectivity index (χ0v) is 10.4. The first-order valence-electron chi connectivity index (χ1n) is 5.78. The van der Waals surface area contributed by atoms with E-state index in [1.807, 2.05) is 31.1 Å². The number of carboxylic acids is 1. The highest BCUT2D eigenvalue weighted by Gasteiger charge is 2.57. The molecule has 0 saturated heterocycles. The van der Waals surface area contributed by atoms with Crippen LogP contribution >= 0.6 is 0 Å². The second kappa shape index (κ2) is 4.33. The number of aliphatic carboxylic acids is 1. The molecule has 2 rings (SSSR count). The van der Waals surface area contributed by atoms with E-state index in [4.69, 9.17) is 5.11 Å². The summed E-state index contributed by atoms with van der Waals surface area (Å²) in [5.74, 6) is -1.46. The Balaban J connectivity index is 2.06. The van der Waals surface area contributed by atoms with Crippen molar-refractivity contribution in [1.29, 1.82) is 0 Å². The van der Waals surface area contributed by atoms with Gasteiger partial charge in [-0.2, -0.15) is 0 Å². The van der Waals surface area contributed by atoms with Crippen molar-refractivity contribution >= 4 is 23.3 Å². The second-order valence-corrected chi connectivity index (χ2v) is 4.78. The zero-order valence-electron chi connectivity index (χ0n) is 10.4. The van der Waals surface area contributed by atoms with E-state index in [1.165, 1.54) is 0 Å². The molecule has 1 saturated carbocycles. The summed E-state index contributed by atoms with van der Waals surface area (Å²) in [5.41, 5.74) is 0.450. The Morgan fingerprint density at radius 3 is 2.17 bits per heavy atom. The van der Waals surface area contributed by atoms with E-state index in [9.17, 15) is 9.59 Å². The van der Waals surface area contributed by atoms with Gasteiger partial charge in [0.05, 0.1) is 0 Å². The summed E-state index contributed by atoms with van der Waals surface area (Å²) >= 11 is 0. The van der Waals surface area contributed by atoms with Crippen molar-refractivity contribution in [2.24, 2.45) is 5.41 Å². The van der Waals surface area contributed by atoms with Crippen LogP contribution in [-0.2, 0) is 9.59 Å². The zero-order chi connectivity index (χ0) is 13.3. The molecule has 0 aromatic heterocycles. The maximum absolute atomic E-state index is 11.9. The average molecular weight is 248 g/mol. The lowest BCUT2D eigenvalue weighted by Crippen LogP contribution is -2.31. The summed E-state index contributed by atoms with van der Waals surface area (Å²) in [4.78, 5) is 24.8. The number of benzene rings is 1. The molecule has 0 radical (unpaired) electrons. The van der Waals surface area contributed by atoms with Gasteiger partial charge in [-0.1, -0.05) is 0 Å². The number of anilines is 2. The number of hydrogen-bond acceptors (Lipinski definition) is 3. The quantitative estimate of drug-likeness (QED) is 0.793. The van der Waals surface area contributed by atoms with Gasteiger partial charge in [0.15, 0.2) is 0 Å². The molecule has 0 heterocycles. The third-order valence-electron chi connectivity index (χ3n) is 3.24. The molecule has 5 heteroatoms. The topological polar surface area (TPSA) is 69.6 Å². The molecule has 0 aliphatic heterocycles. The van der Waals surface area contributed by atoms with E-state index in [1.54, 1.807) is 12.1 Å². The minimum absolute atomic E-state index is 0.421. The molecule has 1 aliphatic carbocycles. The van der Waals surface area contributed by atoms with Crippen LogP contribution in [0.3, 0.4) is 0 Å². The van der Waals surface area contributed by atoms with E-state index in [0.717, 1.165) is 5.69 Å². The van der Waals surface area contributed by atoms with E-state index < -0.39 is 17.3 Å². The van der Waals surface area contributed by atoms with Crippen molar-refractivity contribution in [3.63, 3.8) is 0 Å². The van der Waals surface area contributed by atoms with Gasteiger partial charge in [-0.3, -0.25) is 9.59 Å². The molecule has 96 valence electrons. The highest BCUT2D eigenvalue weighted by Crippen LogP contribution is 2.46. The highest BCUT2D eigenvalue weighted by molar-refractivity contribution is 6.10. The van der Waals surface area contributed by atoms with E-state index in [2.05, 4.69) is 5.32 Å². The molecular formula is C13H16N2O3. The van der Waals surface area contributed by atoms with Crippen molar-refractivity contribution in [3.05, 3.63) is 24.3 Å². The van der Waals surface area contributed by atoms with Gasteiger partial charge in [-0.05, 0) is 37.1 Å². The molecule has 2 N–H and O–H groups in total. The van der Waals surface area contributed by atoms with Gasteiger partial charge in [-0.15, -0.1) is 0 Å². The van der Waals surface area contributed by atoms with E-state index in [0.29, 0.717) is 18.5 Å². The first kappa shape index (κ1) is 12.4. The van der Waals surface area contributed by atoms with Crippen LogP contribution in [0.2, 0.25) is 0 Å². The number of amides is 1. The first-order chi connectivity index (χ1) is 8.45. The monoisotopic (exact) mass is 248 g/mol. The lowest BCUT2D eigenvalue weighted by atomic mass is 10.1. The minimum Gasteiger partial charge on any atom is -0.480 e. The first-order valence-corrected chi connectivity index (χ1v) is 5.78. The van der Waals surface area contributed by atoms with Gasteiger partial charge < -0.3 is 15.3 Å². The summed E-state index contributed by atoms with van der Waals surface area (Å²) in [6, 6.07) is 7.28. The van der Waals surface area contributed by atoms with Crippen LogP contribution in [0.4, 0.5) is 11.4 Å². The number of hydrogen-bond donors (Lipinski definition) is 2. The predicted octanol–water partition coefficient (Wildman–Crippen LogP) is 1.56. The number of carboxylic acid groups (broad SMARTS) is 1. The van der Waals surface area contributed by atoms with Crippen molar-refractivity contribution in [1.82, 2.24) is 0 Å². The third kappa shape index (κ3) is 2.16. The molecule has 1 aliphatic rings. The Hall–Kier alpha value is -2.04. The molecule has 1 fully saturated rings. The number of rotatable bonds is 4. The molecule has 1 aromatic carbocycles. The molecule has 18 heavy (non-hydrogen) atoms. The van der Waals surface area contributed by atoms with Crippen LogP contribution in [0.25, 0.3) is 0 Å². The predicted molar refractivity (Wildman–Crippen MR) is 68.7 cm³/mol. The van der Waals surface area contributed by atoms with Crippen LogP contribution < -0.4 is 10.2 Å². The maximum atomic E-state index is 11.9. The molecule has 0 unspecified atom stereocenters. The molecular weight excluding hydrogens is 232 g/mol. The van der Waals surface area contributed by atoms with Gasteiger partial charge in [0, 0.05) is 25.5 Å². The number of nitrogens with one attached hydrogen (secondary N) is 1. The number of carbonyl (C=O) groups is 2. The van der Waals surface area contributed by atoms with Gasteiger partial charge in [0.2, 0.25) is 5.91 Å². The molecule has 0 spiro atoms. The Labute approximate surface area is 105 Å². The fourth-order valence-electron chi connectivity index (χ4n) is 1.76. The summed E-state index contributed by atoms with van der Waals surface area (Å²) in [5, 5.41) is 11.7. The largest absolute Gasteiger partial charge is 0.480 e. The summed E-state index contributed by atoms with van der Waals surface area (Å²) < 4.78 is 0. The molecule has 1 amide bonds. The van der Waals surface area contributed by atoms with Crippen molar-refractivity contribution < 1.29 is 14.7 Å². The van der Waals surface area contributed by atoms with Crippen molar-refractivity contribution in [2.75, 3.05) is 24.3 Å². The standard InChI is InChI=1S/C13H16N2O3/c1-15(2)10-5-3-9(4-6-10)14-11(16)13(7-8-13)12(17)18/h3-6H,7-8H2,1-2H3,(H,14,16)(H,17,18). The summed E-state index contributed by atoms with van der Waals surface area (Å²) in [6.07, 6.45) is 0.841. The van der Waals surface area contributed by atoms with Crippen LogP contribution in [0.5, 0.6) is 0 Å². The third-order valence-corrected chi connectivity index (χ3v) is 3.24. The minimum atomic E-state index is -1.19. The Morgan fingerprint density at radius 2 is 1.78 bits per heavy atom. The molecule has 0 atom stereocenters. The number of carbonyl (C=O) groups excluding carboxylic acids is 1. The SMILES string of the molecule is CN(C)c1ccc(NC(=O)C2(C(=O)O)CC2)cc1. The molecule has 5 nitrogen and oxygen atoms in total. The van der Waals surface area contributed by atoms with Crippen LogP contribution in [0.1, 0.15) is 12.8 Å². The van der Waals surface area contributed by atoms with Crippen LogP contribution in [-0.4, -0.2) is 31.1 Å². The Bertz CT molecular complexity index is 476. The second-order valence-electron chi connectivity index (χ2n) is 4.78. The van der Waals surface area contributed by atoms with E-state index in [-0.39, 0.29) is 0 Å². The van der Waals surface area contributed by atoms with Gasteiger partial charge in [0.25, 0.3) is 0 Å². The van der Waals surface area contributed by atoms with Crippen LogP contribution in [0, 0.1) is 5.41 Å². The van der Waals surface area contributed by atoms with Gasteiger partial charge >= 0.3 is 5.97 Å². The van der Waals surface area contributed by atoms with E-state index >= 15 is 0 Å². The summed E-state index contributed by atoms with van der Waals surface area (Å²) in [7, 11) is 3.86. The fourth-order valence-corrected chi connectivity index (χ4v) is 1.76. The summed E-state index contributed by atoms with van der Waals surface area (Å²) in [6.45, 7) is 0. The molecule has 0 bridgehead atoms. The average Bonchev–Trinajstić information content (AvgIpc) is 3.10. The smallest absolute Gasteiger partial charge is 0.319 e. The highest BCUT2D eigenvalue weighted by atomic mass is 16.4. The maximum Gasteiger partial charge on any atom is 0.319 e. The number of nitrogens with zero attached hydrogens (tertiary/aromatic N) is 1. The normalized spacial score (nSPS) is 15.9. The lowest BCUT2D eigenvalue weighted by Gasteiger charge is -2.14. The van der Waals surface area contributed by atoms with Gasteiger partial charge in [0.1, 0.15) is 5.41 Å². The van der Waals surface area contributed by atoms with Crippen molar-refractivity contribution in [3.8, 4) is 0 Å².